The first-order valence-electron chi connectivity index (χ1n) is 5.84. The Hall–Kier alpha value is -0.120. The molecule has 0 aromatic heterocycles. The summed E-state index contributed by atoms with van der Waals surface area (Å²) in [5, 5.41) is 0. The van der Waals surface area contributed by atoms with Crippen LogP contribution in [0, 0.1) is 0 Å². The van der Waals surface area contributed by atoms with E-state index >= 15 is 0 Å². The Labute approximate surface area is 86.6 Å². The molecule has 1 atom stereocenters. The van der Waals surface area contributed by atoms with Crippen molar-refractivity contribution < 1.29 is 4.74 Å². The number of likely N-dealkylation sites (tertiary alicyclic amines) is 1. The lowest BCUT2D eigenvalue weighted by Gasteiger charge is -2.47. The van der Waals surface area contributed by atoms with Crippen LogP contribution in [0.2, 0.25) is 0 Å². The lowest BCUT2D eigenvalue weighted by atomic mass is 9.82. The molecule has 3 nitrogen and oxygen atoms in total. The van der Waals surface area contributed by atoms with Crippen molar-refractivity contribution in [2.75, 3.05) is 26.3 Å². The van der Waals surface area contributed by atoms with Crippen LogP contribution in [-0.4, -0.2) is 42.8 Å². The number of rotatable bonds is 2. The molecule has 2 N–H and O–H groups in total. The number of hydrogen-bond acceptors (Lipinski definition) is 3. The van der Waals surface area contributed by atoms with E-state index < -0.39 is 0 Å². The fourth-order valence-corrected chi connectivity index (χ4v) is 2.95. The summed E-state index contributed by atoms with van der Waals surface area (Å²) >= 11 is 0. The van der Waals surface area contributed by atoms with Crippen LogP contribution in [-0.2, 0) is 4.74 Å². The minimum atomic E-state index is 0.245. The molecule has 0 radical (unpaired) electrons. The van der Waals surface area contributed by atoms with Gasteiger partial charge in [0, 0.05) is 24.8 Å². The summed E-state index contributed by atoms with van der Waals surface area (Å²) in [7, 11) is 0. The van der Waals surface area contributed by atoms with Crippen molar-refractivity contribution in [3.63, 3.8) is 0 Å². The summed E-state index contributed by atoms with van der Waals surface area (Å²) in [6, 6.07) is 0.268. The Kier molecular flexibility index (Phi) is 3.10. The zero-order valence-electron chi connectivity index (χ0n) is 9.17. The van der Waals surface area contributed by atoms with Crippen LogP contribution in [0.4, 0.5) is 0 Å². The highest BCUT2D eigenvalue weighted by Crippen LogP contribution is 2.33. The average Bonchev–Trinajstić information content (AvgIpc) is 2.72. The summed E-state index contributed by atoms with van der Waals surface area (Å²) in [6.07, 6.45) is 4.92. The lowest BCUT2D eigenvalue weighted by molar-refractivity contribution is -0.0299. The molecule has 0 aromatic carbocycles. The molecule has 2 heterocycles. The van der Waals surface area contributed by atoms with Gasteiger partial charge in [-0.25, -0.2) is 0 Å². The fraction of sp³-hybridized carbons (Fsp3) is 1.00. The highest BCUT2D eigenvalue weighted by molar-refractivity contribution is 5.00. The molecule has 1 unspecified atom stereocenters. The van der Waals surface area contributed by atoms with E-state index in [0.717, 1.165) is 26.1 Å². The van der Waals surface area contributed by atoms with Crippen molar-refractivity contribution in [3.8, 4) is 0 Å². The molecule has 0 aliphatic carbocycles. The normalized spacial score (nSPS) is 30.4. The van der Waals surface area contributed by atoms with Crippen LogP contribution >= 0.6 is 0 Å². The van der Waals surface area contributed by atoms with Gasteiger partial charge < -0.3 is 10.5 Å². The lowest BCUT2D eigenvalue weighted by Crippen LogP contribution is -2.60. The first kappa shape index (κ1) is 10.4. The molecule has 2 aliphatic rings. The molecule has 14 heavy (non-hydrogen) atoms. The maximum atomic E-state index is 6.18. The Morgan fingerprint density at radius 2 is 1.79 bits per heavy atom. The molecule has 82 valence electrons. The van der Waals surface area contributed by atoms with Crippen molar-refractivity contribution in [2.45, 2.75) is 44.2 Å². The Morgan fingerprint density at radius 1 is 1.21 bits per heavy atom. The molecular formula is C11H22N2O. The summed E-state index contributed by atoms with van der Waals surface area (Å²) in [5.74, 6) is 0. The van der Waals surface area contributed by atoms with Crippen LogP contribution < -0.4 is 5.73 Å². The highest BCUT2D eigenvalue weighted by atomic mass is 16.5. The third-order valence-electron chi connectivity index (χ3n) is 3.94. The van der Waals surface area contributed by atoms with Gasteiger partial charge >= 0.3 is 0 Å². The molecule has 2 fully saturated rings. The second kappa shape index (κ2) is 4.17. The van der Waals surface area contributed by atoms with Crippen molar-refractivity contribution in [3.05, 3.63) is 0 Å². The fourth-order valence-electron chi connectivity index (χ4n) is 2.95. The number of nitrogens with two attached hydrogens (primary N) is 1. The number of ether oxygens (including phenoxy) is 1. The standard InChI is InChI=1S/C11H22N2O/c1-10(12)11(4-8-14-9-5-11)13-6-2-3-7-13/h10H,2-9,12H2,1H3. The molecule has 0 saturated carbocycles. The number of nitrogens with zero attached hydrogens (tertiary/aromatic N) is 1. The largest absolute Gasteiger partial charge is 0.381 e. The van der Waals surface area contributed by atoms with Crippen molar-refractivity contribution in [2.24, 2.45) is 5.73 Å². The molecular weight excluding hydrogens is 176 g/mol. The molecule has 2 saturated heterocycles. The van der Waals surface area contributed by atoms with Crippen LogP contribution in [0.15, 0.2) is 0 Å². The van der Waals surface area contributed by atoms with Gasteiger partial charge in [-0.05, 0) is 45.7 Å². The highest BCUT2D eigenvalue weighted by Gasteiger charge is 2.42. The molecule has 0 amide bonds. The Bertz CT molecular complexity index is 182. The average molecular weight is 198 g/mol. The topological polar surface area (TPSA) is 38.5 Å². The SMILES string of the molecule is CC(N)C1(N2CCCC2)CCOCC1. The molecule has 2 rings (SSSR count). The van der Waals surface area contributed by atoms with E-state index in [1.165, 1.54) is 25.9 Å². The van der Waals surface area contributed by atoms with Gasteiger partial charge in [0.1, 0.15) is 0 Å². The first-order chi connectivity index (χ1) is 6.76. The zero-order chi connectivity index (χ0) is 10.0. The minimum absolute atomic E-state index is 0.245. The molecule has 0 spiro atoms. The van der Waals surface area contributed by atoms with Crippen LogP contribution in [0.25, 0.3) is 0 Å². The van der Waals surface area contributed by atoms with Gasteiger partial charge in [0.05, 0.1) is 0 Å². The van der Waals surface area contributed by atoms with E-state index in [2.05, 4.69) is 11.8 Å². The summed E-state index contributed by atoms with van der Waals surface area (Å²) in [5.41, 5.74) is 6.43. The summed E-state index contributed by atoms with van der Waals surface area (Å²) < 4.78 is 5.45. The zero-order valence-corrected chi connectivity index (χ0v) is 9.17. The summed E-state index contributed by atoms with van der Waals surface area (Å²) in [6.45, 7) is 6.41. The van der Waals surface area contributed by atoms with Crippen molar-refractivity contribution in [1.29, 1.82) is 0 Å². The Balaban J connectivity index is 2.11. The van der Waals surface area contributed by atoms with E-state index in [9.17, 15) is 0 Å². The van der Waals surface area contributed by atoms with E-state index in [4.69, 9.17) is 10.5 Å². The van der Waals surface area contributed by atoms with Gasteiger partial charge in [0.25, 0.3) is 0 Å². The van der Waals surface area contributed by atoms with Crippen LogP contribution in [0.3, 0.4) is 0 Å². The van der Waals surface area contributed by atoms with Gasteiger partial charge in [-0.2, -0.15) is 0 Å². The van der Waals surface area contributed by atoms with Crippen molar-refractivity contribution >= 4 is 0 Å². The minimum Gasteiger partial charge on any atom is -0.381 e. The molecule has 0 bridgehead atoms. The monoisotopic (exact) mass is 198 g/mol. The van der Waals surface area contributed by atoms with Gasteiger partial charge in [0.2, 0.25) is 0 Å². The van der Waals surface area contributed by atoms with E-state index in [1.54, 1.807) is 0 Å². The maximum absolute atomic E-state index is 6.18. The second-order valence-corrected chi connectivity index (χ2v) is 4.70. The quantitative estimate of drug-likeness (QED) is 0.719. The van der Waals surface area contributed by atoms with E-state index in [-0.39, 0.29) is 11.6 Å². The number of hydrogen-bond donors (Lipinski definition) is 1. The maximum Gasteiger partial charge on any atom is 0.0484 e. The third kappa shape index (κ3) is 1.69. The second-order valence-electron chi connectivity index (χ2n) is 4.70. The van der Waals surface area contributed by atoms with Gasteiger partial charge in [-0.3, -0.25) is 4.90 Å². The van der Waals surface area contributed by atoms with Gasteiger partial charge in [-0.1, -0.05) is 0 Å². The predicted octanol–water partition coefficient (Wildman–Crippen LogP) is 0.979. The van der Waals surface area contributed by atoms with Gasteiger partial charge in [0.15, 0.2) is 0 Å². The Morgan fingerprint density at radius 3 is 2.29 bits per heavy atom. The van der Waals surface area contributed by atoms with Gasteiger partial charge in [-0.15, -0.1) is 0 Å². The molecule has 2 aliphatic heterocycles. The summed E-state index contributed by atoms with van der Waals surface area (Å²) in [4.78, 5) is 2.61. The third-order valence-corrected chi connectivity index (χ3v) is 3.94. The first-order valence-corrected chi connectivity index (χ1v) is 5.84. The van der Waals surface area contributed by atoms with E-state index in [0.29, 0.717) is 0 Å². The smallest absolute Gasteiger partial charge is 0.0484 e. The van der Waals surface area contributed by atoms with Crippen LogP contribution in [0.5, 0.6) is 0 Å². The molecule has 0 aromatic rings. The van der Waals surface area contributed by atoms with Crippen LogP contribution in [0.1, 0.15) is 32.6 Å². The van der Waals surface area contributed by atoms with E-state index in [1.807, 2.05) is 0 Å². The molecule has 3 heteroatoms. The predicted molar refractivity (Wildman–Crippen MR) is 57.2 cm³/mol. The van der Waals surface area contributed by atoms with Crippen molar-refractivity contribution in [1.82, 2.24) is 4.90 Å².